The van der Waals surface area contributed by atoms with Gasteiger partial charge in [-0.15, -0.1) is 0 Å². The molecule has 0 saturated heterocycles. The number of hydrogen-bond donors (Lipinski definition) is 2. The first-order valence-electron chi connectivity index (χ1n) is 6.19. The van der Waals surface area contributed by atoms with Crippen LogP contribution in [0.2, 0.25) is 0 Å². The van der Waals surface area contributed by atoms with Crippen LogP contribution >= 0.6 is 0 Å². The second kappa shape index (κ2) is 7.24. The van der Waals surface area contributed by atoms with Gasteiger partial charge >= 0.3 is 10.2 Å². The lowest BCUT2D eigenvalue weighted by molar-refractivity contribution is 0.305. The third-order valence-electron chi connectivity index (χ3n) is 2.54. The minimum atomic E-state index is -3.62. The van der Waals surface area contributed by atoms with Gasteiger partial charge in [-0.2, -0.15) is 12.7 Å². The van der Waals surface area contributed by atoms with Crippen LogP contribution in [0.4, 0.5) is 5.82 Å². The summed E-state index contributed by atoms with van der Waals surface area (Å²) in [7, 11) is -2.12. The molecule has 0 saturated carbocycles. The quantitative estimate of drug-likeness (QED) is 0.788. The van der Waals surface area contributed by atoms with E-state index in [0.29, 0.717) is 12.1 Å². The van der Waals surface area contributed by atoms with Crippen molar-refractivity contribution in [2.24, 2.45) is 0 Å². The Hall–Kier alpha value is -1.62. The molecule has 1 aromatic rings. The second-order valence-corrected chi connectivity index (χ2v) is 6.13. The Kier molecular flexibility index (Phi) is 5.95. The maximum absolute atomic E-state index is 12.0. The van der Waals surface area contributed by atoms with Gasteiger partial charge in [0.05, 0.1) is 6.61 Å². The molecule has 0 amide bonds. The molecule has 0 fully saturated rings. The average molecular weight is 297 g/mol. The summed E-state index contributed by atoms with van der Waals surface area (Å²) in [4.78, 5) is 4.10. The van der Waals surface area contributed by atoms with Gasteiger partial charge in [-0.1, -0.05) is 12.0 Å². The van der Waals surface area contributed by atoms with E-state index in [2.05, 4.69) is 21.5 Å². The Morgan fingerprint density at radius 2 is 2.15 bits per heavy atom. The normalized spacial score (nSPS) is 11.3. The molecule has 1 aromatic heterocycles. The van der Waals surface area contributed by atoms with E-state index in [0.717, 1.165) is 0 Å². The van der Waals surface area contributed by atoms with Gasteiger partial charge in [0.1, 0.15) is 11.5 Å². The minimum absolute atomic E-state index is 0.0154. The summed E-state index contributed by atoms with van der Waals surface area (Å²) < 4.78 is 27.7. The summed E-state index contributed by atoms with van der Waals surface area (Å²) in [5, 5.41) is 8.64. The highest BCUT2D eigenvalue weighted by Crippen LogP contribution is 2.10. The fourth-order valence-corrected chi connectivity index (χ4v) is 2.33. The van der Waals surface area contributed by atoms with Crippen molar-refractivity contribution in [1.82, 2.24) is 9.29 Å². The van der Waals surface area contributed by atoms with Crippen molar-refractivity contribution >= 4 is 16.0 Å². The molecule has 0 bridgehead atoms. The number of pyridine rings is 1. The lowest BCUT2D eigenvalue weighted by Crippen LogP contribution is -2.37. The van der Waals surface area contributed by atoms with E-state index >= 15 is 0 Å². The third kappa shape index (κ3) is 4.81. The molecule has 0 aliphatic carbocycles. The zero-order valence-corrected chi connectivity index (χ0v) is 12.6. The lowest BCUT2D eigenvalue weighted by Gasteiger charge is -2.21. The SMILES string of the molecule is CC(C)N(C)S(=O)(=O)Nc1cccc(C#CCCO)n1. The molecule has 0 aliphatic rings. The van der Waals surface area contributed by atoms with Gasteiger partial charge in [-0.3, -0.25) is 4.72 Å². The molecule has 6 nitrogen and oxygen atoms in total. The molecule has 0 spiro atoms. The van der Waals surface area contributed by atoms with Crippen molar-refractivity contribution in [3.8, 4) is 11.8 Å². The Bertz CT molecular complexity index is 603. The van der Waals surface area contributed by atoms with Crippen LogP contribution in [0, 0.1) is 11.8 Å². The monoisotopic (exact) mass is 297 g/mol. The summed E-state index contributed by atoms with van der Waals surface area (Å²) in [5.41, 5.74) is 0.450. The molecule has 1 rings (SSSR count). The van der Waals surface area contributed by atoms with E-state index in [9.17, 15) is 8.42 Å². The third-order valence-corrected chi connectivity index (χ3v) is 4.19. The van der Waals surface area contributed by atoms with Crippen molar-refractivity contribution < 1.29 is 13.5 Å². The van der Waals surface area contributed by atoms with E-state index in [1.165, 1.54) is 11.4 Å². The molecular formula is C13H19N3O3S. The minimum Gasteiger partial charge on any atom is -0.395 e. The van der Waals surface area contributed by atoms with E-state index in [4.69, 9.17) is 5.11 Å². The summed E-state index contributed by atoms with van der Waals surface area (Å²) in [6.07, 6.45) is 0.355. The van der Waals surface area contributed by atoms with Crippen molar-refractivity contribution in [1.29, 1.82) is 0 Å². The predicted octanol–water partition coefficient (Wildman–Crippen LogP) is 0.812. The second-order valence-electron chi connectivity index (χ2n) is 4.40. The lowest BCUT2D eigenvalue weighted by atomic mass is 10.3. The molecule has 0 aromatic carbocycles. The van der Waals surface area contributed by atoms with E-state index in [-0.39, 0.29) is 18.5 Å². The van der Waals surface area contributed by atoms with E-state index in [1.54, 1.807) is 32.0 Å². The van der Waals surface area contributed by atoms with E-state index < -0.39 is 10.2 Å². The smallest absolute Gasteiger partial charge is 0.302 e. The first kappa shape index (κ1) is 16.4. The van der Waals surface area contributed by atoms with Gasteiger partial charge in [0.15, 0.2) is 0 Å². The van der Waals surface area contributed by atoms with Crippen LogP contribution in [0.25, 0.3) is 0 Å². The van der Waals surface area contributed by atoms with Crippen LogP contribution in [0.1, 0.15) is 26.0 Å². The summed E-state index contributed by atoms with van der Waals surface area (Å²) in [6, 6.07) is 4.75. The van der Waals surface area contributed by atoms with Crippen molar-refractivity contribution in [3.05, 3.63) is 23.9 Å². The maximum Gasteiger partial charge on any atom is 0.302 e. The van der Waals surface area contributed by atoms with Gasteiger partial charge in [0.2, 0.25) is 0 Å². The Morgan fingerprint density at radius 1 is 1.45 bits per heavy atom. The van der Waals surface area contributed by atoms with Crippen LogP contribution in [0.3, 0.4) is 0 Å². The predicted molar refractivity (Wildman–Crippen MR) is 78.3 cm³/mol. The highest BCUT2D eigenvalue weighted by molar-refractivity contribution is 7.90. The topological polar surface area (TPSA) is 82.5 Å². The van der Waals surface area contributed by atoms with Gasteiger partial charge < -0.3 is 5.11 Å². The Balaban J connectivity index is 2.89. The van der Waals surface area contributed by atoms with Crippen LogP contribution in [-0.4, -0.2) is 42.5 Å². The van der Waals surface area contributed by atoms with Crippen molar-refractivity contribution in [3.63, 3.8) is 0 Å². The number of nitrogens with zero attached hydrogens (tertiary/aromatic N) is 2. The van der Waals surface area contributed by atoms with Crippen LogP contribution < -0.4 is 4.72 Å². The molecule has 2 N–H and O–H groups in total. The first-order chi connectivity index (χ1) is 9.36. The molecule has 110 valence electrons. The number of rotatable bonds is 5. The molecule has 7 heteroatoms. The van der Waals surface area contributed by atoms with Crippen molar-refractivity contribution in [2.75, 3.05) is 18.4 Å². The Labute approximate surface area is 120 Å². The molecule has 20 heavy (non-hydrogen) atoms. The highest BCUT2D eigenvalue weighted by Gasteiger charge is 2.20. The number of hydrogen-bond acceptors (Lipinski definition) is 4. The van der Waals surface area contributed by atoms with Gasteiger partial charge in [0.25, 0.3) is 0 Å². The molecule has 0 atom stereocenters. The number of aliphatic hydroxyl groups excluding tert-OH is 1. The number of aliphatic hydroxyl groups is 1. The van der Waals surface area contributed by atoms with Crippen LogP contribution in [0.5, 0.6) is 0 Å². The standard InChI is InChI=1S/C13H19N3O3S/c1-11(2)16(3)20(18,19)15-13-9-6-8-12(14-13)7-4-5-10-17/h6,8-9,11,17H,5,10H2,1-3H3,(H,14,15). The summed E-state index contributed by atoms with van der Waals surface area (Å²) in [5.74, 6) is 5.70. The summed E-state index contributed by atoms with van der Waals surface area (Å²) >= 11 is 0. The largest absolute Gasteiger partial charge is 0.395 e. The van der Waals surface area contributed by atoms with Crippen molar-refractivity contribution in [2.45, 2.75) is 26.3 Å². The molecule has 0 aliphatic heterocycles. The van der Waals surface area contributed by atoms with Gasteiger partial charge in [-0.25, -0.2) is 4.98 Å². The van der Waals surface area contributed by atoms with E-state index in [1.807, 2.05) is 0 Å². The average Bonchev–Trinajstić information content (AvgIpc) is 2.38. The van der Waals surface area contributed by atoms with Crippen LogP contribution in [-0.2, 0) is 10.2 Å². The number of anilines is 1. The van der Waals surface area contributed by atoms with Gasteiger partial charge in [-0.05, 0) is 31.9 Å². The molecule has 0 unspecified atom stereocenters. The Morgan fingerprint density at radius 3 is 2.75 bits per heavy atom. The number of nitrogens with one attached hydrogen (secondary N) is 1. The zero-order chi connectivity index (χ0) is 15.2. The molecule has 0 radical (unpaired) electrons. The van der Waals surface area contributed by atoms with Crippen LogP contribution in [0.15, 0.2) is 18.2 Å². The first-order valence-corrected chi connectivity index (χ1v) is 7.63. The fourth-order valence-electron chi connectivity index (χ4n) is 1.25. The maximum atomic E-state index is 12.0. The molecule has 1 heterocycles. The van der Waals surface area contributed by atoms with Gasteiger partial charge in [0, 0.05) is 19.5 Å². The fraction of sp³-hybridized carbons (Fsp3) is 0.462. The summed E-state index contributed by atoms with van der Waals surface area (Å²) in [6.45, 7) is 3.55. The number of aromatic nitrogens is 1. The highest BCUT2D eigenvalue weighted by atomic mass is 32.2. The zero-order valence-electron chi connectivity index (χ0n) is 11.8. The molecular weight excluding hydrogens is 278 g/mol.